The summed E-state index contributed by atoms with van der Waals surface area (Å²) in [5.74, 6) is 0. The van der Waals surface area contributed by atoms with Gasteiger partial charge in [0.2, 0.25) is 0 Å². The van der Waals surface area contributed by atoms with Crippen molar-refractivity contribution in [3.63, 3.8) is 0 Å². The zero-order valence-electron chi connectivity index (χ0n) is 10.8. The molecule has 0 spiro atoms. The van der Waals surface area contributed by atoms with Crippen LogP contribution < -0.4 is 46.3 Å². The molecule has 0 saturated carbocycles. The van der Waals surface area contributed by atoms with Crippen molar-refractivity contribution in [2.45, 2.75) is 4.90 Å². The summed E-state index contributed by atoms with van der Waals surface area (Å²) in [6.07, 6.45) is 0. The SMILES string of the molecule is Nc1ccc(Nc2ccc(S(=O)(=O)[O-])cc2)c(N)c1.[Na+]. The van der Waals surface area contributed by atoms with E-state index in [4.69, 9.17) is 11.5 Å². The molecule has 20 heavy (non-hydrogen) atoms. The Morgan fingerprint density at radius 2 is 1.60 bits per heavy atom. The van der Waals surface area contributed by atoms with Crippen molar-refractivity contribution < 1.29 is 42.5 Å². The van der Waals surface area contributed by atoms with Crippen LogP contribution in [0.4, 0.5) is 22.7 Å². The van der Waals surface area contributed by atoms with E-state index in [1.807, 2.05) is 0 Å². The van der Waals surface area contributed by atoms with Gasteiger partial charge in [-0.2, -0.15) is 0 Å². The second kappa shape index (κ2) is 6.47. The van der Waals surface area contributed by atoms with E-state index >= 15 is 0 Å². The smallest absolute Gasteiger partial charge is 0.744 e. The predicted molar refractivity (Wildman–Crippen MR) is 73.0 cm³/mol. The summed E-state index contributed by atoms with van der Waals surface area (Å²) in [5.41, 5.74) is 13.6. The second-order valence-corrected chi connectivity index (χ2v) is 5.33. The molecular weight excluding hydrogens is 289 g/mol. The molecule has 0 aromatic heterocycles. The van der Waals surface area contributed by atoms with E-state index < -0.39 is 10.1 Å². The van der Waals surface area contributed by atoms with Crippen LogP contribution in [0.25, 0.3) is 0 Å². The van der Waals surface area contributed by atoms with Crippen LogP contribution in [-0.2, 0) is 10.1 Å². The molecule has 0 radical (unpaired) electrons. The van der Waals surface area contributed by atoms with E-state index in [2.05, 4.69) is 5.32 Å². The van der Waals surface area contributed by atoms with E-state index in [0.29, 0.717) is 22.7 Å². The van der Waals surface area contributed by atoms with Crippen LogP contribution in [-0.4, -0.2) is 13.0 Å². The summed E-state index contributed by atoms with van der Waals surface area (Å²) in [6, 6.07) is 10.5. The van der Waals surface area contributed by atoms with Gasteiger partial charge in [-0.1, -0.05) is 0 Å². The third-order valence-electron chi connectivity index (χ3n) is 2.50. The molecule has 0 saturated heterocycles. The molecule has 0 bridgehead atoms. The standard InChI is InChI=1S/C12H13N3O3S.Na/c13-8-1-6-12(11(14)7-8)15-9-2-4-10(5-3-9)19(16,17)18;/h1-7,15H,13-14H2,(H,16,17,18);/q;+1/p-1. The number of hydrogen-bond acceptors (Lipinski definition) is 6. The molecule has 8 heteroatoms. The Balaban J connectivity index is 0.00000200. The third-order valence-corrected chi connectivity index (χ3v) is 3.35. The summed E-state index contributed by atoms with van der Waals surface area (Å²) < 4.78 is 32.4. The van der Waals surface area contributed by atoms with Gasteiger partial charge in [-0.25, -0.2) is 8.42 Å². The van der Waals surface area contributed by atoms with Crippen LogP contribution in [0.2, 0.25) is 0 Å². The maximum atomic E-state index is 10.8. The Morgan fingerprint density at radius 1 is 1.00 bits per heavy atom. The first-order chi connectivity index (χ1) is 8.86. The van der Waals surface area contributed by atoms with Gasteiger partial charge in [0.25, 0.3) is 0 Å². The molecule has 5 N–H and O–H groups in total. The molecule has 0 atom stereocenters. The fourth-order valence-electron chi connectivity index (χ4n) is 1.56. The molecule has 6 nitrogen and oxygen atoms in total. The molecule has 2 aromatic carbocycles. The fraction of sp³-hybridized carbons (Fsp3) is 0. The molecule has 2 rings (SSSR count). The Kier molecular flexibility index (Phi) is 5.43. The zero-order chi connectivity index (χ0) is 14.0. The van der Waals surface area contributed by atoms with Crippen molar-refractivity contribution in [1.82, 2.24) is 0 Å². The maximum absolute atomic E-state index is 10.8. The van der Waals surface area contributed by atoms with Gasteiger partial charge in [0.15, 0.2) is 0 Å². The minimum atomic E-state index is -4.43. The van der Waals surface area contributed by atoms with Crippen LogP contribution in [0.5, 0.6) is 0 Å². The van der Waals surface area contributed by atoms with Crippen molar-refractivity contribution in [2.24, 2.45) is 0 Å². The number of anilines is 4. The molecule has 0 heterocycles. The average Bonchev–Trinajstić information content (AvgIpc) is 2.32. The summed E-state index contributed by atoms with van der Waals surface area (Å²) in [6.45, 7) is 0. The van der Waals surface area contributed by atoms with E-state index in [0.717, 1.165) is 0 Å². The zero-order valence-corrected chi connectivity index (χ0v) is 13.6. The largest absolute Gasteiger partial charge is 1.00 e. The summed E-state index contributed by atoms with van der Waals surface area (Å²) in [5, 5.41) is 3.00. The second-order valence-electron chi connectivity index (χ2n) is 3.95. The van der Waals surface area contributed by atoms with E-state index in [1.54, 1.807) is 18.2 Å². The first kappa shape index (κ1) is 16.8. The van der Waals surface area contributed by atoms with Crippen LogP contribution in [0, 0.1) is 0 Å². The molecule has 0 aliphatic carbocycles. The molecule has 0 fully saturated rings. The van der Waals surface area contributed by atoms with Crippen LogP contribution >= 0.6 is 0 Å². The van der Waals surface area contributed by atoms with Crippen molar-refractivity contribution in [1.29, 1.82) is 0 Å². The van der Waals surface area contributed by atoms with Crippen molar-refractivity contribution in [3.05, 3.63) is 42.5 Å². The normalized spacial score (nSPS) is 10.7. The first-order valence-electron chi connectivity index (χ1n) is 5.34. The topological polar surface area (TPSA) is 121 Å². The fourth-order valence-corrected chi connectivity index (χ4v) is 2.02. The van der Waals surface area contributed by atoms with Gasteiger partial charge in [0, 0.05) is 11.4 Å². The average molecular weight is 301 g/mol. The number of nitrogens with one attached hydrogen (secondary N) is 1. The summed E-state index contributed by atoms with van der Waals surface area (Å²) in [7, 11) is -4.43. The monoisotopic (exact) mass is 301 g/mol. The quantitative estimate of drug-likeness (QED) is 0.360. The Labute approximate surface area is 139 Å². The minimum Gasteiger partial charge on any atom is -0.744 e. The number of rotatable bonds is 3. The Hall–Kier alpha value is -1.25. The van der Waals surface area contributed by atoms with E-state index in [1.165, 1.54) is 24.3 Å². The van der Waals surface area contributed by atoms with Crippen LogP contribution in [0.3, 0.4) is 0 Å². The van der Waals surface area contributed by atoms with Gasteiger partial charge >= 0.3 is 29.6 Å². The molecule has 100 valence electrons. The van der Waals surface area contributed by atoms with Crippen LogP contribution in [0.1, 0.15) is 0 Å². The van der Waals surface area contributed by atoms with E-state index in [9.17, 15) is 13.0 Å². The molecule has 0 amide bonds. The van der Waals surface area contributed by atoms with Gasteiger partial charge in [0.1, 0.15) is 10.1 Å². The maximum Gasteiger partial charge on any atom is 1.00 e. The molecule has 2 aromatic rings. The minimum absolute atomic E-state index is 0. The Bertz CT molecular complexity index is 702. The van der Waals surface area contributed by atoms with Crippen LogP contribution in [0.15, 0.2) is 47.4 Å². The Morgan fingerprint density at radius 3 is 2.10 bits per heavy atom. The number of nitrogen functional groups attached to an aromatic ring is 2. The van der Waals surface area contributed by atoms with Gasteiger partial charge in [-0.3, -0.25) is 0 Å². The van der Waals surface area contributed by atoms with Gasteiger partial charge < -0.3 is 21.3 Å². The molecule has 0 aliphatic rings. The van der Waals surface area contributed by atoms with Crippen molar-refractivity contribution in [3.8, 4) is 0 Å². The van der Waals surface area contributed by atoms with Gasteiger partial charge in [-0.15, -0.1) is 0 Å². The van der Waals surface area contributed by atoms with Gasteiger partial charge in [-0.05, 0) is 42.5 Å². The van der Waals surface area contributed by atoms with E-state index in [-0.39, 0.29) is 34.5 Å². The summed E-state index contributed by atoms with van der Waals surface area (Å²) >= 11 is 0. The number of nitrogens with two attached hydrogens (primary N) is 2. The summed E-state index contributed by atoms with van der Waals surface area (Å²) in [4.78, 5) is -0.275. The first-order valence-corrected chi connectivity index (χ1v) is 6.75. The van der Waals surface area contributed by atoms with Crippen molar-refractivity contribution >= 4 is 32.9 Å². The number of benzene rings is 2. The molecule has 0 unspecified atom stereocenters. The molecular formula is C12H12N3NaO3S. The molecule has 0 aliphatic heterocycles. The third kappa shape index (κ3) is 4.12. The van der Waals surface area contributed by atoms with Gasteiger partial charge in [0.05, 0.1) is 16.3 Å². The number of hydrogen-bond donors (Lipinski definition) is 3. The van der Waals surface area contributed by atoms with Crippen molar-refractivity contribution in [2.75, 3.05) is 16.8 Å². The predicted octanol–water partition coefficient (Wildman–Crippen LogP) is -1.50.